The second-order valence-corrected chi connectivity index (χ2v) is 9.95. The molecule has 0 saturated heterocycles. The van der Waals surface area contributed by atoms with Crippen molar-refractivity contribution in [3.63, 3.8) is 0 Å². The summed E-state index contributed by atoms with van der Waals surface area (Å²) in [5, 5.41) is 27.0. The normalized spacial score (nSPS) is 29.8. The number of fused-ring (bicyclic) bond motifs is 3. The number of aliphatic hydroxyl groups is 2. The van der Waals surface area contributed by atoms with Gasteiger partial charge in [-0.25, -0.2) is 0 Å². The molecule has 3 aromatic rings. The molecule has 3 N–H and O–H groups in total. The summed E-state index contributed by atoms with van der Waals surface area (Å²) in [5.74, 6) is -1.38. The van der Waals surface area contributed by atoms with Crippen LogP contribution in [0.2, 0.25) is 0 Å². The van der Waals surface area contributed by atoms with Crippen LogP contribution in [0.25, 0.3) is 0 Å². The first-order chi connectivity index (χ1) is 15.8. The summed E-state index contributed by atoms with van der Waals surface area (Å²) < 4.78 is 7.65. The lowest BCUT2D eigenvalue weighted by molar-refractivity contribution is -0.154. The molecular formula is C27H26BrNO4. The SMILES string of the molecule is CNC(=O)[C@H]1[C@@H](O)[C@@]2(O)c3c(C)cc(C)cc3O[C@@]2(c2ccc(Br)cc2)[C@@H]1c1ccccc1. The predicted octanol–water partition coefficient (Wildman–Crippen LogP) is 4.06. The molecule has 1 fully saturated rings. The molecule has 0 unspecified atom stereocenters. The summed E-state index contributed by atoms with van der Waals surface area (Å²) in [4.78, 5) is 13.2. The third-order valence-electron chi connectivity index (χ3n) is 7.21. The fourth-order valence-electron chi connectivity index (χ4n) is 6.02. The van der Waals surface area contributed by atoms with Gasteiger partial charge in [0.15, 0.2) is 11.2 Å². The number of benzene rings is 3. The summed E-state index contributed by atoms with van der Waals surface area (Å²) in [7, 11) is 1.55. The van der Waals surface area contributed by atoms with Crippen molar-refractivity contribution in [1.29, 1.82) is 0 Å². The first-order valence-corrected chi connectivity index (χ1v) is 11.8. The van der Waals surface area contributed by atoms with E-state index in [1.165, 1.54) is 0 Å². The van der Waals surface area contributed by atoms with E-state index in [1.807, 2.05) is 80.6 Å². The van der Waals surface area contributed by atoms with E-state index in [1.54, 1.807) is 7.05 Å². The molecule has 2 aliphatic rings. The van der Waals surface area contributed by atoms with Gasteiger partial charge in [0.2, 0.25) is 5.91 Å². The number of aliphatic hydroxyl groups excluding tert-OH is 1. The van der Waals surface area contributed by atoms with Crippen molar-refractivity contribution in [1.82, 2.24) is 5.32 Å². The number of nitrogens with one attached hydrogen (secondary N) is 1. The number of rotatable bonds is 3. The van der Waals surface area contributed by atoms with Gasteiger partial charge in [-0.1, -0.05) is 64.5 Å². The fraction of sp³-hybridized carbons (Fsp3) is 0.296. The third-order valence-corrected chi connectivity index (χ3v) is 7.74. The van der Waals surface area contributed by atoms with Crippen LogP contribution >= 0.6 is 15.9 Å². The number of carbonyl (C=O) groups is 1. The van der Waals surface area contributed by atoms with Crippen molar-refractivity contribution in [3.05, 3.63) is 99.0 Å². The van der Waals surface area contributed by atoms with Crippen molar-refractivity contribution >= 4 is 21.8 Å². The van der Waals surface area contributed by atoms with Gasteiger partial charge in [-0.05, 0) is 54.3 Å². The molecule has 1 heterocycles. The monoisotopic (exact) mass is 507 g/mol. The molecule has 6 heteroatoms. The molecule has 3 aromatic carbocycles. The number of carbonyl (C=O) groups excluding carboxylic acids is 1. The van der Waals surface area contributed by atoms with Gasteiger partial charge in [0.25, 0.3) is 0 Å². The summed E-state index contributed by atoms with van der Waals surface area (Å²) in [6.45, 7) is 3.88. The van der Waals surface area contributed by atoms with Crippen molar-refractivity contribution in [2.24, 2.45) is 5.92 Å². The Kier molecular flexibility index (Phi) is 5.16. The first kappa shape index (κ1) is 22.1. The number of amides is 1. The van der Waals surface area contributed by atoms with Gasteiger partial charge < -0.3 is 20.3 Å². The molecule has 5 rings (SSSR count). The Bertz CT molecular complexity index is 1230. The Morgan fingerprint density at radius 3 is 2.36 bits per heavy atom. The number of aryl methyl sites for hydroxylation is 2. The average molecular weight is 508 g/mol. The van der Waals surface area contributed by atoms with Crippen LogP contribution in [-0.4, -0.2) is 29.3 Å². The number of hydrogen-bond donors (Lipinski definition) is 3. The molecule has 5 atom stereocenters. The quantitative estimate of drug-likeness (QED) is 0.499. The Morgan fingerprint density at radius 2 is 1.73 bits per heavy atom. The zero-order valence-corrected chi connectivity index (χ0v) is 20.3. The second-order valence-electron chi connectivity index (χ2n) is 9.04. The number of hydrogen-bond acceptors (Lipinski definition) is 4. The van der Waals surface area contributed by atoms with E-state index in [0.717, 1.165) is 21.2 Å². The molecule has 1 aliphatic heterocycles. The van der Waals surface area contributed by atoms with Gasteiger partial charge in [0.05, 0.1) is 5.92 Å². The topological polar surface area (TPSA) is 78.8 Å². The van der Waals surface area contributed by atoms with Crippen LogP contribution < -0.4 is 10.1 Å². The maximum absolute atomic E-state index is 13.2. The second kappa shape index (κ2) is 7.69. The van der Waals surface area contributed by atoms with Gasteiger partial charge in [0, 0.05) is 23.0 Å². The summed E-state index contributed by atoms with van der Waals surface area (Å²) in [6, 6.07) is 20.9. The lowest BCUT2D eigenvalue weighted by atomic mass is 9.70. The van der Waals surface area contributed by atoms with Crippen LogP contribution in [0, 0.1) is 19.8 Å². The smallest absolute Gasteiger partial charge is 0.226 e. The number of ether oxygens (including phenoxy) is 1. The molecule has 1 amide bonds. The van der Waals surface area contributed by atoms with E-state index < -0.39 is 29.1 Å². The lowest BCUT2D eigenvalue weighted by Gasteiger charge is -2.41. The molecule has 0 spiro atoms. The Balaban J connectivity index is 1.89. The zero-order chi connectivity index (χ0) is 23.5. The minimum atomic E-state index is -1.84. The maximum atomic E-state index is 13.2. The van der Waals surface area contributed by atoms with E-state index in [4.69, 9.17) is 4.74 Å². The van der Waals surface area contributed by atoms with Gasteiger partial charge >= 0.3 is 0 Å². The van der Waals surface area contributed by atoms with Crippen molar-refractivity contribution in [3.8, 4) is 5.75 Å². The molecule has 0 radical (unpaired) electrons. The lowest BCUT2D eigenvalue weighted by Crippen LogP contribution is -2.52. The average Bonchev–Trinajstić information content (AvgIpc) is 3.17. The molecule has 0 bridgehead atoms. The third kappa shape index (κ3) is 2.87. The molecule has 1 aliphatic carbocycles. The van der Waals surface area contributed by atoms with Gasteiger partial charge in [-0.15, -0.1) is 0 Å². The van der Waals surface area contributed by atoms with E-state index in [0.29, 0.717) is 16.9 Å². The molecular weight excluding hydrogens is 482 g/mol. The van der Waals surface area contributed by atoms with Crippen molar-refractivity contribution in [2.45, 2.75) is 37.1 Å². The Morgan fingerprint density at radius 1 is 1.06 bits per heavy atom. The number of halogens is 1. The molecule has 5 nitrogen and oxygen atoms in total. The van der Waals surface area contributed by atoms with Crippen molar-refractivity contribution in [2.75, 3.05) is 7.05 Å². The van der Waals surface area contributed by atoms with Crippen LogP contribution in [0.5, 0.6) is 5.75 Å². The largest absolute Gasteiger partial charge is 0.478 e. The molecule has 1 saturated carbocycles. The Labute approximate surface area is 201 Å². The van der Waals surface area contributed by atoms with Gasteiger partial charge in [-0.2, -0.15) is 0 Å². The fourth-order valence-corrected chi connectivity index (χ4v) is 6.28. The van der Waals surface area contributed by atoms with Crippen LogP contribution in [0.1, 0.15) is 33.7 Å². The van der Waals surface area contributed by atoms with Gasteiger partial charge in [0.1, 0.15) is 11.9 Å². The first-order valence-electron chi connectivity index (χ1n) is 11.0. The highest BCUT2D eigenvalue weighted by atomic mass is 79.9. The minimum absolute atomic E-state index is 0.342. The van der Waals surface area contributed by atoms with Crippen LogP contribution in [0.15, 0.2) is 71.2 Å². The van der Waals surface area contributed by atoms with E-state index >= 15 is 0 Å². The highest BCUT2D eigenvalue weighted by molar-refractivity contribution is 9.10. The Hall–Kier alpha value is -2.67. The van der Waals surface area contributed by atoms with Crippen LogP contribution in [0.4, 0.5) is 0 Å². The van der Waals surface area contributed by atoms with E-state index in [9.17, 15) is 15.0 Å². The highest BCUT2D eigenvalue weighted by Crippen LogP contribution is 2.69. The summed E-state index contributed by atoms with van der Waals surface area (Å²) in [6.07, 6.45) is -1.39. The maximum Gasteiger partial charge on any atom is 0.226 e. The van der Waals surface area contributed by atoms with Crippen LogP contribution in [-0.2, 0) is 16.0 Å². The van der Waals surface area contributed by atoms with Gasteiger partial charge in [-0.3, -0.25) is 4.79 Å². The highest BCUT2D eigenvalue weighted by Gasteiger charge is 2.77. The molecule has 33 heavy (non-hydrogen) atoms. The molecule has 0 aromatic heterocycles. The minimum Gasteiger partial charge on any atom is -0.478 e. The predicted molar refractivity (Wildman–Crippen MR) is 129 cm³/mol. The van der Waals surface area contributed by atoms with Crippen LogP contribution in [0.3, 0.4) is 0 Å². The van der Waals surface area contributed by atoms with E-state index in [2.05, 4.69) is 21.2 Å². The standard InChI is InChI=1S/C27H26BrNO4/c1-15-13-16(2)22-20(14-15)33-27(18-9-11-19(28)12-10-18)23(17-7-5-4-6-8-17)21(25(31)29-3)24(30)26(22,27)32/h4-14,21,23-24,30,32H,1-3H3,(H,29,31)/t21-,23-,24-,26+,27+/m1/s1. The summed E-state index contributed by atoms with van der Waals surface area (Å²) >= 11 is 3.49. The summed E-state index contributed by atoms with van der Waals surface area (Å²) in [5.41, 5.74) is 0.602. The molecule has 170 valence electrons. The van der Waals surface area contributed by atoms with E-state index in [-0.39, 0.29) is 5.91 Å². The zero-order valence-electron chi connectivity index (χ0n) is 18.7. The van der Waals surface area contributed by atoms with Crippen molar-refractivity contribution < 1.29 is 19.7 Å².